The van der Waals surface area contributed by atoms with Crippen molar-refractivity contribution in [2.24, 2.45) is 5.92 Å². The summed E-state index contributed by atoms with van der Waals surface area (Å²) in [7, 11) is 0. The minimum atomic E-state index is -0.497. The first kappa shape index (κ1) is 16.0. The van der Waals surface area contributed by atoms with Gasteiger partial charge in [-0.15, -0.1) is 0 Å². The predicted molar refractivity (Wildman–Crippen MR) is 74.7 cm³/mol. The molecule has 1 heterocycles. The van der Waals surface area contributed by atoms with Crippen molar-refractivity contribution in [2.75, 3.05) is 6.54 Å². The van der Waals surface area contributed by atoms with Crippen molar-refractivity contribution in [2.45, 2.75) is 71.9 Å². The van der Waals surface area contributed by atoms with Crippen LogP contribution in [0.3, 0.4) is 0 Å². The van der Waals surface area contributed by atoms with E-state index in [1.807, 2.05) is 34.6 Å². The molecule has 1 atom stereocenters. The molecule has 1 fully saturated rings. The van der Waals surface area contributed by atoms with E-state index in [1.54, 1.807) is 4.90 Å². The smallest absolute Gasteiger partial charge is 0.329 e. The minimum absolute atomic E-state index is 0.0306. The zero-order valence-electron chi connectivity index (χ0n) is 12.9. The lowest BCUT2D eigenvalue weighted by molar-refractivity contribution is -0.164. The Bertz CT molecular complexity index is 329. The van der Waals surface area contributed by atoms with E-state index in [2.05, 4.69) is 0 Å². The predicted octanol–water partition coefficient (Wildman–Crippen LogP) is 2.76. The van der Waals surface area contributed by atoms with Crippen LogP contribution in [-0.4, -0.2) is 35.0 Å². The van der Waals surface area contributed by atoms with Gasteiger partial charge < -0.3 is 9.64 Å². The molecule has 1 saturated heterocycles. The summed E-state index contributed by atoms with van der Waals surface area (Å²) < 4.78 is 5.42. The second-order valence-electron chi connectivity index (χ2n) is 6.24. The van der Waals surface area contributed by atoms with Crippen LogP contribution in [0.1, 0.15) is 60.3 Å². The molecule has 0 unspecified atom stereocenters. The third-order valence-electron chi connectivity index (χ3n) is 3.55. The fraction of sp³-hybridized carbons (Fsp3) is 0.867. The molecule has 1 aliphatic rings. The van der Waals surface area contributed by atoms with Crippen LogP contribution in [0.2, 0.25) is 0 Å². The van der Waals surface area contributed by atoms with Crippen LogP contribution in [0, 0.1) is 5.92 Å². The summed E-state index contributed by atoms with van der Waals surface area (Å²) in [6.45, 7) is 10.3. The number of likely N-dealkylation sites (tertiary alicyclic amines) is 1. The molecule has 19 heavy (non-hydrogen) atoms. The Hall–Kier alpha value is -1.06. The Morgan fingerprint density at radius 2 is 1.84 bits per heavy atom. The number of esters is 1. The van der Waals surface area contributed by atoms with E-state index in [4.69, 9.17) is 4.74 Å². The van der Waals surface area contributed by atoms with Gasteiger partial charge in [0.05, 0.1) is 0 Å². The highest BCUT2D eigenvalue weighted by Gasteiger charge is 2.38. The molecule has 0 spiro atoms. The van der Waals surface area contributed by atoms with Crippen LogP contribution in [0.15, 0.2) is 0 Å². The van der Waals surface area contributed by atoms with Crippen molar-refractivity contribution < 1.29 is 14.3 Å². The van der Waals surface area contributed by atoms with Crippen molar-refractivity contribution in [1.82, 2.24) is 4.90 Å². The molecule has 0 radical (unpaired) electrons. The maximum absolute atomic E-state index is 12.4. The second-order valence-corrected chi connectivity index (χ2v) is 6.24. The van der Waals surface area contributed by atoms with Crippen molar-refractivity contribution in [3.8, 4) is 0 Å². The molecule has 0 aromatic heterocycles. The standard InChI is InChI=1S/C15H27NO3/c1-6-11(7-2)13(17)16-10-8-9-12(16)14(18)19-15(3,4)5/h11-12H,6-10H2,1-5H3/t12-/m0/s1. The Balaban J connectivity index is 2.73. The third-order valence-corrected chi connectivity index (χ3v) is 3.55. The van der Waals surface area contributed by atoms with E-state index in [1.165, 1.54) is 0 Å². The van der Waals surface area contributed by atoms with E-state index in [9.17, 15) is 9.59 Å². The van der Waals surface area contributed by atoms with Crippen molar-refractivity contribution in [3.05, 3.63) is 0 Å². The molecule has 0 bridgehead atoms. The number of nitrogens with zero attached hydrogens (tertiary/aromatic N) is 1. The van der Waals surface area contributed by atoms with Gasteiger partial charge in [0.15, 0.2) is 0 Å². The van der Waals surface area contributed by atoms with Gasteiger partial charge in [-0.3, -0.25) is 4.79 Å². The van der Waals surface area contributed by atoms with Gasteiger partial charge in [0.1, 0.15) is 11.6 Å². The highest BCUT2D eigenvalue weighted by Crippen LogP contribution is 2.24. The molecule has 0 saturated carbocycles. The summed E-state index contributed by atoms with van der Waals surface area (Å²) in [5.41, 5.74) is -0.497. The lowest BCUT2D eigenvalue weighted by Gasteiger charge is -2.29. The molecular weight excluding hydrogens is 242 g/mol. The van der Waals surface area contributed by atoms with Gasteiger partial charge >= 0.3 is 5.97 Å². The zero-order chi connectivity index (χ0) is 14.6. The fourth-order valence-corrected chi connectivity index (χ4v) is 2.52. The van der Waals surface area contributed by atoms with Gasteiger partial charge in [0.25, 0.3) is 0 Å². The Morgan fingerprint density at radius 3 is 2.32 bits per heavy atom. The molecular formula is C15H27NO3. The first-order valence-electron chi connectivity index (χ1n) is 7.33. The molecule has 0 aliphatic carbocycles. The normalized spacial score (nSPS) is 19.9. The summed E-state index contributed by atoms with van der Waals surface area (Å²) in [5, 5.41) is 0. The van der Waals surface area contributed by atoms with Crippen molar-refractivity contribution in [1.29, 1.82) is 0 Å². The first-order valence-corrected chi connectivity index (χ1v) is 7.33. The average Bonchev–Trinajstić information content (AvgIpc) is 2.76. The zero-order valence-corrected chi connectivity index (χ0v) is 12.9. The highest BCUT2D eigenvalue weighted by atomic mass is 16.6. The van der Waals surface area contributed by atoms with Gasteiger partial charge in [-0.25, -0.2) is 4.79 Å². The number of carbonyl (C=O) groups excluding carboxylic acids is 2. The van der Waals surface area contributed by atoms with Crippen LogP contribution >= 0.6 is 0 Å². The van der Waals surface area contributed by atoms with Crippen LogP contribution < -0.4 is 0 Å². The summed E-state index contributed by atoms with van der Waals surface area (Å²) in [6, 6.07) is -0.382. The highest BCUT2D eigenvalue weighted by molar-refractivity contribution is 5.86. The molecule has 0 aromatic carbocycles. The summed E-state index contributed by atoms with van der Waals surface area (Å²) in [4.78, 5) is 26.3. The number of carbonyl (C=O) groups is 2. The van der Waals surface area contributed by atoms with Crippen LogP contribution in [0.4, 0.5) is 0 Å². The van der Waals surface area contributed by atoms with E-state index < -0.39 is 5.60 Å². The van der Waals surface area contributed by atoms with E-state index in [0.717, 1.165) is 25.7 Å². The van der Waals surface area contributed by atoms with Crippen molar-refractivity contribution >= 4 is 11.9 Å². The van der Waals surface area contributed by atoms with E-state index in [-0.39, 0.29) is 23.8 Å². The Labute approximate surface area is 116 Å². The molecule has 1 aliphatic heterocycles. The third kappa shape index (κ3) is 4.22. The largest absolute Gasteiger partial charge is 0.458 e. The monoisotopic (exact) mass is 269 g/mol. The molecule has 1 rings (SSSR count). The Morgan fingerprint density at radius 1 is 1.26 bits per heavy atom. The van der Waals surface area contributed by atoms with E-state index in [0.29, 0.717) is 6.54 Å². The number of rotatable bonds is 4. The summed E-state index contributed by atoms with van der Waals surface area (Å²) in [5.74, 6) is -0.120. The average molecular weight is 269 g/mol. The maximum atomic E-state index is 12.4. The number of amides is 1. The van der Waals surface area contributed by atoms with Gasteiger partial charge in [0.2, 0.25) is 5.91 Å². The molecule has 110 valence electrons. The van der Waals surface area contributed by atoms with Gasteiger partial charge in [-0.2, -0.15) is 0 Å². The Kier molecular flexibility index (Phi) is 5.39. The van der Waals surface area contributed by atoms with E-state index >= 15 is 0 Å². The van der Waals surface area contributed by atoms with Crippen LogP contribution in [0.5, 0.6) is 0 Å². The fourth-order valence-electron chi connectivity index (χ4n) is 2.52. The summed E-state index contributed by atoms with van der Waals surface area (Å²) >= 11 is 0. The number of hydrogen-bond donors (Lipinski definition) is 0. The first-order chi connectivity index (χ1) is 8.80. The van der Waals surface area contributed by atoms with Crippen LogP contribution in [0.25, 0.3) is 0 Å². The number of ether oxygens (including phenoxy) is 1. The van der Waals surface area contributed by atoms with Gasteiger partial charge in [0, 0.05) is 12.5 Å². The second kappa shape index (κ2) is 6.40. The molecule has 0 aromatic rings. The lowest BCUT2D eigenvalue weighted by Crippen LogP contribution is -2.45. The molecule has 0 N–H and O–H groups in total. The minimum Gasteiger partial charge on any atom is -0.458 e. The van der Waals surface area contributed by atoms with Crippen LogP contribution in [-0.2, 0) is 14.3 Å². The SMILES string of the molecule is CCC(CC)C(=O)N1CCC[C@H]1C(=O)OC(C)(C)C. The molecule has 4 heteroatoms. The van der Waals surface area contributed by atoms with Gasteiger partial charge in [-0.1, -0.05) is 13.8 Å². The maximum Gasteiger partial charge on any atom is 0.329 e. The molecule has 4 nitrogen and oxygen atoms in total. The molecule has 1 amide bonds. The topological polar surface area (TPSA) is 46.6 Å². The number of hydrogen-bond acceptors (Lipinski definition) is 3. The summed E-state index contributed by atoms with van der Waals surface area (Å²) in [6.07, 6.45) is 3.26. The van der Waals surface area contributed by atoms with Crippen molar-refractivity contribution in [3.63, 3.8) is 0 Å². The lowest BCUT2D eigenvalue weighted by atomic mass is 10.0. The van der Waals surface area contributed by atoms with Gasteiger partial charge in [-0.05, 0) is 46.5 Å². The quantitative estimate of drug-likeness (QED) is 0.737.